The number of para-hydroxylation sites is 1. The molecule has 1 N–H and O–H groups in total. The van der Waals surface area contributed by atoms with Crippen molar-refractivity contribution in [3.8, 4) is 11.5 Å². The third-order valence-electron chi connectivity index (χ3n) is 4.67. The number of carbonyl (C=O) groups is 1. The van der Waals surface area contributed by atoms with Crippen LogP contribution >= 0.6 is 0 Å². The van der Waals surface area contributed by atoms with Crippen LogP contribution in [-0.2, 0) is 13.2 Å². The van der Waals surface area contributed by atoms with Crippen molar-refractivity contribution < 1.29 is 14.3 Å². The van der Waals surface area contributed by atoms with Crippen LogP contribution in [0.5, 0.6) is 11.5 Å². The summed E-state index contributed by atoms with van der Waals surface area (Å²) < 4.78 is 12.9. The molecule has 0 aliphatic heterocycles. The maximum Gasteiger partial charge on any atom is 0.276 e. The van der Waals surface area contributed by atoms with Crippen LogP contribution < -0.4 is 20.5 Å². The zero-order valence-electron chi connectivity index (χ0n) is 17.8. The van der Waals surface area contributed by atoms with Gasteiger partial charge in [0.2, 0.25) is 0 Å². The largest absolute Gasteiger partial charge is 0.493 e. The lowest BCUT2D eigenvalue weighted by Gasteiger charge is -2.13. The van der Waals surface area contributed by atoms with Gasteiger partial charge in [-0.05, 0) is 43.7 Å². The molecule has 0 radical (unpaired) electrons. The second-order valence-electron chi connectivity index (χ2n) is 6.87. The first-order valence-electron chi connectivity index (χ1n) is 9.91. The highest BCUT2D eigenvalue weighted by atomic mass is 16.5. The Hall–Kier alpha value is -3.87. The molecule has 0 saturated heterocycles. The number of rotatable bonds is 8. The van der Waals surface area contributed by atoms with E-state index in [1.807, 2.05) is 38.1 Å². The molecule has 0 atom stereocenters. The highest BCUT2D eigenvalue weighted by Crippen LogP contribution is 2.30. The average molecular weight is 419 g/mol. The molecule has 0 unspecified atom stereocenters. The molecule has 3 aromatic rings. The number of aromatic nitrogens is 1. The van der Waals surface area contributed by atoms with E-state index in [0.717, 1.165) is 11.1 Å². The van der Waals surface area contributed by atoms with Gasteiger partial charge in [-0.25, -0.2) is 5.43 Å². The number of hydrazone groups is 1. The standard InChI is InChI=1S/C24H25N3O4/c1-4-27-13-7-11-20(24(27)29)23(28)26-25-15-19-10-6-12-21(30-3)22(19)31-16-18-9-5-8-17(2)14-18/h5-15H,4,16H2,1-3H3,(H,26,28)/b25-15-. The van der Waals surface area contributed by atoms with Crippen LogP contribution in [0.25, 0.3) is 0 Å². The van der Waals surface area contributed by atoms with E-state index in [2.05, 4.69) is 10.5 Å². The predicted molar refractivity (Wildman–Crippen MR) is 120 cm³/mol. The molecule has 1 heterocycles. The van der Waals surface area contributed by atoms with E-state index >= 15 is 0 Å². The van der Waals surface area contributed by atoms with Gasteiger partial charge >= 0.3 is 0 Å². The lowest BCUT2D eigenvalue weighted by atomic mass is 10.1. The fraction of sp³-hybridized carbons (Fsp3) is 0.208. The summed E-state index contributed by atoms with van der Waals surface area (Å²) in [4.78, 5) is 24.7. The Labute approximate surface area is 180 Å². The summed E-state index contributed by atoms with van der Waals surface area (Å²) in [5, 5.41) is 4.01. The lowest BCUT2D eigenvalue weighted by molar-refractivity contribution is 0.0953. The monoisotopic (exact) mass is 419 g/mol. The Morgan fingerprint density at radius 1 is 1.16 bits per heavy atom. The normalized spacial score (nSPS) is 10.8. The summed E-state index contributed by atoms with van der Waals surface area (Å²) in [6.45, 7) is 4.70. The molecule has 160 valence electrons. The molecule has 1 amide bonds. The first-order valence-corrected chi connectivity index (χ1v) is 9.91. The number of benzene rings is 2. The third kappa shape index (κ3) is 5.39. The summed E-state index contributed by atoms with van der Waals surface area (Å²) in [6, 6.07) is 16.6. The van der Waals surface area contributed by atoms with Crippen LogP contribution in [0.1, 0.15) is 34.0 Å². The highest BCUT2D eigenvalue weighted by molar-refractivity contribution is 5.94. The van der Waals surface area contributed by atoms with E-state index in [1.54, 1.807) is 37.6 Å². The number of nitrogens with one attached hydrogen (secondary N) is 1. The molecule has 0 saturated carbocycles. The number of methoxy groups -OCH3 is 1. The van der Waals surface area contributed by atoms with Crippen LogP contribution in [0.4, 0.5) is 0 Å². The fourth-order valence-electron chi connectivity index (χ4n) is 3.09. The number of amides is 1. The van der Waals surface area contributed by atoms with E-state index in [0.29, 0.717) is 30.2 Å². The number of hydrogen-bond acceptors (Lipinski definition) is 5. The third-order valence-corrected chi connectivity index (χ3v) is 4.67. The first kappa shape index (κ1) is 21.8. The number of nitrogens with zero attached hydrogens (tertiary/aromatic N) is 2. The SMILES string of the molecule is CCn1cccc(C(=O)N/N=C\c2cccc(OC)c2OCc2cccc(C)c2)c1=O. The molecule has 2 aromatic carbocycles. The number of pyridine rings is 1. The molecule has 7 heteroatoms. The predicted octanol–water partition coefficient (Wildman–Crippen LogP) is 3.53. The molecule has 0 aliphatic rings. The van der Waals surface area contributed by atoms with Crippen LogP contribution in [0.15, 0.2) is 70.7 Å². The van der Waals surface area contributed by atoms with Gasteiger partial charge in [0, 0.05) is 18.3 Å². The van der Waals surface area contributed by atoms with E-state index < -0.39 is 5.91 Å². The molecule has 0 bridgehead atoms. The van der Waals surface area contributed by atoms with Crippen molar-refractivity contribution in [3.05, 3.63) is 93.4 Å². The Bertz CT molecular complexity index is 1150. The summed E-state index contributed by atoms with van der Waals surface area (Å²) in [5.74, 6) is 0.489. The minimum atomic E-state index is -0.575. The Morgan fingerprint density at radius 2 is 1.97 bits per heavy atom. The van der Waals surface area contributed by atoms with Gasteiger partial charge in [-0.2, -0.15) is 5.10 Å². The van der Waals surface area contributed by atoms with Crippen molar-refractivity contribution >= 4 is 12.1 Å². The van der Waals surface area contributed by atoms with Crippen molar-refractivity contribution in [1.29, 1.82) is 0 Å². The molecule has 3 rings (SSSR count). The van der Waals surface area contributed by atoms with Gasteiger partial charge < -0.3 is 14.0 Å². The zero-order chi connectivity index (χ0) is 22.2. The average Bonchev–Trinajstić information content (AvgIpc) is 2.78. The van der Waals surface area contributed by atoms with E-state index in [1.165, 1.54) is 16.8 Å². The van der Waals surface area contributed by atoms with Gasteiger partial charge in [0.25, 0.3) is 11.5 Å². The maximum atomic E-state index is 12.4. The van der Waals surface area contributed by atoms with Crippen molar-refractivity contribution in [3.63, 3.8) is 0 Å². The van der Waals surface area contributed by atoms with Crippen molar-refractivity contribution in [2.24, 2.45) is 5.10 Å². The van der Waals surface area contributed by atoms with Gasteiger partial charge in [-0.15, -0.1) is 0 Å². The highest BCUT2D eigenvalue weighted by Gasteiger charge is 2.12. The van der Waals surface area contributed by atoms with Crippen molar-refractivity contribution in [2.45, 2.75) is 27.0 Å². The second kappa shape index (κ2) is 10.2. The van der Waals surface area contributed by atoms with Gasteiger partial charge in [0.05, 0.1) is 13.3 Å². The molecular weight excluding hydrogens is 394 g/mol. The van der Waals surface area contributed by atoms with Crippen molar-refractivity contribution in [2.75, 3.05) is 7.11 Å². The van der Waals surface area contributed by atoms with Crippen LogP contribution in [0.3, 0.4) is 0 Å². The van der Waals surface area contributed by atoms with Gasteiger partial charge in [0.1, 0.15) is 12.2 Å². The van der Waals surface area contributed by atoms with E-state index in [9.17, 15) is 9.59 Å². The van der Waals surface area contributed by atoms with E-state index in [4.69, 9.17) is 9.47 Å². The van der Waals surface area contributed by atoms with Gasteiger partial charge in [-0.1, -0.05) is 35.9 Å². The molecule has 7 nitrogen and oxygen atoms in total. The van der Waals surface area contributed by atoms with Crippen LogP contribution in [-0.4, -0.2) is 23.8 Å². The number of aryl methyl sites for hydroxylation is 2. The van der Waals surface area contributed by atoms with Gasteiger partial charge in [-0.3, -0.25) is 9.59 Å². The quantitative estimate of drug-likeness (QED) is 0.447. The van der Waals surface area contributed by atoms with Crippen molar-refractivity contribution in [1.82, 2.24) is 9.99 Å². The zero-order valence-corrected chi connectivity index (χ0v) is 17.8. The number of hydrogen-bond donors (Lipinski definition) is 1. The fourth-order valence-corrected chi connectivity index (χ4v) is 3.09. The molecule has 0 aliphatic carbocycles. The molecule has 0 fully saturated rings. The summed E-state index contributed by atoms with van der Waals surface area (Å²) in [7, 11) is 1.56. The topological polar surface area (TPSA) is 81.9 Å². The lowest BCUT2D eigenvalue weighted by Crippen LogP contribution is -2.30. The van der Waals surface area contributed by atoms with Crippen LogP contribution in [0, 0.1) is 6.92 Å². The number of carbonyl (C=O) groups excluding carboxylic acids is 1. The molecule has 0 spiro atoms. The Morgan fingerprint density at radius 3 is 2.71 bits per heavy atom. The van der Waals surface area contributed by atoms with Gasteiger partial charge in [0.15, 0.2) is 11.5 Å². The van der Waals surface area contributed by atoms with E-state index in [-0.39, 0.29) is 11.1 Å². The maximum absolute atomic E-state index is 12.4. The molecule has 1 aromatic heterocycles. The minimum absolute atomic E-state index is 0.0306. The van der Waals surface area contributed by atoms with Crippen LogP contribution in [0.2, 0.25) is 0 Å². The molecular formula is C24H25N3O4. The summed E-state index contributed by atoms with van der Waals surface area (Å²) in [6.07, 6.45) is 3.10. The Balaban J connectivity index is 1.77. The summed E-state index contributed by atoms with van der Waals surface area (Å²) >= 11 is 0. The minimum Gasteiger partial charge on any atom is -0.493 e. The first-order chi connectivity index (χ1) is 15.0. The second-order valence-corrected chi connectivity index (χ2v) is 6.87. The molecule has 31 heavy (non-hydrogen) atoms. The smallest absolute Gasteiger partial charge is 0.276 e. The number of ether oxygens (including phenoxy) is 2. The Kier molecular flexibility index (Phi) is 7.22. The summed E-state index contributed by atoms with van der Waals surface area (Å²) in [5.41, 5.74) is 4.88.